The van der Waals surface area contributed by atoms with Crippen molar-refractivity contribution in [3.8, 4) is 11.5 Å². The van der Waals surface area contributed by atoms with Gasteiger partial charge >= 0.3 is 5.97 Å². The summed E-state index contributed by atoms with van der Waals surface area (Å²) < 4.78 is 38.3. The number of aliphatic carboxylic acids is 1. The largest absolute Gasteiger partial charge is 0.496 e. The molecule has 1 aliphatic rings. The lowest BCUT2D eigenvalue weighted by Crippen LogP contribution is -2.35. The summed E-state index contributed by atoms with van der Waals surface area (Å²) in [5.74, 6) is -0.0409. The summed E-state index contributed by atoms with van der Waals surface area (Å²) in [6, 6.07) is 10.9. The molecule has 1 fully saturated rings. The summed E-state index contributed by atoms with van der Waals surface area (Å²) >= 11 is 0. The number of nitrogens with zero attached hydrogens (tertiary/aromatic N) is 1. The van der Waals surface area contributed by atoms with E-state index >= 15 is 0 Å². The fourth-order valence-electron chi connectivity index (χ4n) is 3.47. The molecule has 7 nitrogen and oxygen atoms in total. The molecular formula is C21H25NO6S. The number of carbonyl (C=O) groups is 1. The van der Waals surface area contributed by atoms with Crippen LogP contribution in [0.3, 0.4) is 0 Å². The maximum Gasteiger partial charge on any atom is 0.324 e. The molecule has 156 valence electrons. The van der Waals surface area contributed by atoms with Crippen molar-refractivity contribution >= 4 is 21.7 Å². The van der Waals surface area contributed by atoms with Crippen molar-refractivity contribution in [3.63, 3.8) is 0 Å². The van der Waals surface area contributed by atoms with E-state index in [1.807, 2.05) is 0 Å². The molecule has 8 heteroatoms. The monoisotopic (exact) mass is 419 g/mol. The SMILES string of the molecule is COc1ccc(S(=O)(=O)N(CC(=O)O)c2ccc(OC3CCCC3)cc2)cc1C. The third-order valence-corrected chi connectivity index (χ3v) is 6.73. The van der Waals surface area contributed by atoms with Gasteiger partial charge in [0, 0.05) is 0 Å². The average molecular weight is 419 g/mol. The fourth-order valence-corrected chi connectivity index (χ4v) is 4.97. The highest BCUT2D eigenvalue weighted by atomic mass is 32.2. The van der Waals surface area contributed by atoms with Gasteiger partial charge in [-0.2, -0.15) is 0 Å². The molecule has 2 aromatic rings. The molecule has 2 aromatic carbocycles. The van der Waals surface area contributed by atoms with Gasteiger partial charge in [-0.15, -0.1) is 0 Å². The Morgan fingerprint density at radius 1 is 1.14 bits per heavy atom. The molecule has 1 N–H and O–H groups in total. The number of aryl methyl sites for hydroxylation is 1. The van der Waals surface area contributed by atoms with Gasteiger partial charge in [0.2, 0.25) is 0 Å². The zero-order chi connectivity index (χ0) is 21.0. The zero-order valence-corrected chi connectivity index (χ0v) is 17.3. The first-order chi connectivity index (χ1) is 13.8. The van der Waals surface area contributed by atoms with Crippen molar-refractivity contribution in [1.82, 2.24) is 0 Å². The van der Waals surface area contributed by atoms with Gasteiger partial charge < -0.3 is 14.6 Å². The van der Waals surface area contributed by atoms with E-state index in [1.165, 1.54) is 19.2 Å². The Bertz CT molecular complexity index is 965. The Labute approximate surface area is 170 Å². The first-order valence-electron chi connectivity index (χ1n) is 9.47. The van der Waals surface area contributed by atoms with E-state index in [9.17, 15) is 18.3 Å². The smallest absolute Gasteiger partial charge is 0.324 e. The molecule has 0 heterocycles. The van der Waals surface area contributed by atoms with Gasteiger partial charge in [0.05, 0.1) is 23.8 Å². The lowest BCUT2D eigenvalue weighted by atomic mass is 10.2. The first kappa shape index (κ1) is 21.0. The van der Waals surface area contributed by atoms with E-state index in [1.54, 1.807) is 37.3 Å². The predicted octanol–water partition coefficient (Wildman–Crippen LogP) is 3.60. The predicted molar refractivity (Wildman–Crippen MR) is 109 cm³/mol. The highest BCUT2D eigenvalue weighted by Gasteiger charge is 2.28. The number of anilines is 1. The zero-order valence-electron chi connectivity index (χ0n) is 16.5. The molecule has 0 bridgehead atoms. The summed E-state index contributed by atoms with van der Waals surface area (Å²) in [5, 5.41) is 9.29. The number of sulfonamides is 1. The maximum atomic E-state index is 13.2. The Kier molecular flexibility index (Phi) is 6.32. The van der Waals surface area contributed by atoms with E-state index in [-0.39, 0.29) is 16.7 Å². The highest BCUT2D eigenvalue weighted by Crippen LogP contribution is 2.30. The molecule has 0 aliphatic heterocycles. The van der Waals surface area contributed by atoms with Crippen molar-refractivity contribution in [3.05, 3.63) is 48.0 Å². The van der Waals surface area contributed by atoms with Crippen LogP contribution in [-0.2, 0) is 14.8 Å². The number of methoxy groups -OCH3 is 1. The van der Waals surface area contributed by atoms with Crippen LogP contribution >= 0.6 is 0 Å². The van der Waals surface area contributed by atoms with E-state index in [4.69, 9.17) is 9.47 Å². The molecule has 0 unspecified atom stereocenters. The Hall–Kier alpha value is -2.74. The van der Waals surface area contributed by atoms with Gasteiger partial charge in [0.15, 0.2) is 0 Å². The molecule has 0 spiro atoms. The molecule has 1 saturated carbocycles. The third-order valence-electron chi connectivity index (χ3n) is 4.96. The fraction of sp³-hybridized carbons (Fsp3) is 0.381. The molecule has 1 aliphatic carbocycles. The Morgan fingerprint density at radius 3 is 2.34 bits per heavy atom. The van der Waals surface area contributed by atoms with Crippen LogP contribution in [0.1, 0.15) is 31.2 Å². The van der Waals surface area contributed by atoms with Crippen molar-refractivity contribution < 1.29 is 27.8 Å². The number of rotatable bonds is 8. The summed E-state index contributed by atoms with van der Waals surface area (Å²) in [4.78, 5) is 11.4. The van der Waals surface area contributed by atoms with Crippen LogP contribution in [0.25, 0.3) is 0 Å². The minimum atomic E-state index is -4.08. The topological polar surface area (TPSA) is 93.1 Å². The number of ether oxygens (including phenoxy) is 2. The summed E-state index contributed by atoms with van der Waals surface area (Å²) in [6.07, 6.45) is 4.50. The second-order valence-corrected chi connectivity index (χ2v) is 8.92. The molecule has 3 rings (SSSR count). The minimum absolute atomic E-state index is 0.00309. The second-order valence-electron chi connectivity index (χ2n) is 7.06. The van der Waals surface area contributed by atoms with Gasteiger partial charge in [-0.05, 0) is 80.6 Å². The number of benzene rings is 2. The standard InChI is InChI=1S/C21H25NO6S/c1-15-13-19(11-12-20(15)27-2)29(25,26)22(14-21(23)24)16-7-9-18(10-8-16)28-17-5-3-4-6-17/h7-13,17H,3-6,14H2,1-2H3,(H,23,24). The number of hydrogen-bond donors (Lipinski definition) is 1. The van der Waals surface area contributed by atoms with Crippen LogP contribution in [-0.4, -0.2) is 39.3 Å². The summed E-state index contributed by atoms with van der Waals surface area (Å²) in [7, 11) is -2.57. The minimum Gasteiger partial charge on any atom is -0.496 e. The van der Waals surface area contributed by atoms with Crippen molar-refractivity contribution in [2.75, 3.05) is 18.0 Å². The molecule has 0 amide bonds. The van der Waals surface area contributed by atoms with Crippen LogP contribution < -0.4 is 13.8 Å². The van der Waals surface area contributed by atoms with Crippen molar-refractivity contribution in [1.29, 1.82) is 0 Å². The van der Waals surface area contributed by atoms with Gasteiger partial charge in [-0.1, -0.05) is 0 Å². The molecule has 0 atom stereocenters. The van der Waals surface area contributed by atoms with Crippen molar-refractivity contribution in [2.45, 2.75) is 43.6 Å². The highest BCUT2D eigenvalue weighted by molar-refractivity contribution is 7.92. The van der Waals surface area contributed by atoms with E-state index in [2.05, 4.69) is 0 Å². The molecule has 0 aromatic heterocycles. The van der Waals surface area contributed by atoms with Crippen LogP contribution in [0, 0.1) is 6.92 Å². The first-order valence-corrected chi connectivity index (χ1v) is 10.9. The molecule has 29 heavy (non-hydrogen) atoms. The molecular weight excluding hydrogens is 394 g/mol. The van der Waals surface area contributed by atoms with E-state index in [0.717, 1.165) is 30.0 Å². The van der Waals surface area contributed by atoms with E-state index < -0.39 is 22.5 Å². The lowest BCUT2D eigenvalue weighted by Gasteiger charge is -2.23. The number of carboxylic acids is 1. The van der Waals surface area contributed by atoms with Crippen LogP contribution in [0.4, 0.5) is 5.69 Å². The lowest BCUT2D eigenvalue weighted by molar-refractivity contribution is -0.135. The van der Waals surface area contributed by atoms with E-state index in [0.29, 0.717) is 17.1 Å². The van der Waals surface area contributed by atoms with Crippen LogP contribution in [0.2, 0.25) is 0 Å². The van der Waals surface area contributed by atoms with Gasteiger partial charge in [0.1, 0.15) is 18.0 Å². The molecule has 0 saturated heterocycles. The van der Waals surface area contributed by atoms with Gasteiger partial charge in [-0.3, -0.25) is 9.10 Å². The second kappa shape index (κ2) is 8.73. The van der Waals surface area contributed by atoms with Gasteiger partial charge in [0.25, 0.3) is 10.0 Å². The Balaban J connectivity index is 1.90. The van der Waals surface area contributed by atoms with Crippen LogP contribution in [0.15, 0.2) is 47.4 Å². The van der Waals surface area contributed by atoms with Gasteiger partial charge in [-0.25, -0.2) is 8.42 Å². The summed E-state index contributed by atoms with van der Waals surface area (Å²) in [5.41, 5.74) is 0.906. The quantitative estimate of drug-likeness (QED) is 0.703. The number of carboxylic acid groups (broad SMARTS) is 1. The Morgan fingerprint density at radius 2 is 1.79 bits per heavy atom. The average Bonchev–Trinajstić information content (AvgIpc) is 3.19. The van der Waals surface area contributed by atoms with Crippen LogP contribution in [0.5, 0.6) is 11.5 Å². The van der Waals surface area contributed by atoms with Crippen molar-refractivity contribution in [2.24, 2.45) is 0 Å². The third kappa shape index (κ3) is 4.82. The maximum absolute atomic E-state index is 13.2. The summed E-state index contributed by atoms with van der Waals surface area (Å²) in [6.45, 7) is 1.05. The number of hydrogen-bond acceptors (Lipinski definition) is 5. The normalized spacial score (nSPS) is 14.6. The molecule has 0 radical (unpaired) electrons.